The number of pyridine rings is 1. The molecule has 0 aliphatic rings. The molecule has 1 unspecified atom stereocenters. The van der Waals surface area contributed by atoms with Crippen molar-refractivity contribution in [1.29, 1.82) is 5.26 Å². The molecular formula is C11H14N4O2. The summed E-state index contributed by atoms with van der Waals surface area (Å²) < 4.78 is 0. The maximum atomic E-state index is 11.0. The minimum absolute atomic E-state index is 0.000129. The lowest BCUT2D eigenvalue weighted by Crippen LogP contribution is -2.25. The number of aryl methyl sites for hydroxylation is 1. The van der Waals surface area contributed by atoms with Crippen LogP contribution in [0.4, 0.5) is 11.5 Å². The topological polar surface area (TPSA) is 83.1 Å². The van der Waals surface area contributed by atoms with Gasteiger partial charge < -0.3 is 4.90 Å². The average molecular weight is 234 g/mol. The van der Waals surface area contributed by atoms with Gasteiger partial charge in [-0.2, -0.15) is 5.26 Å². The first-order valence-electron chi connectivity index (χ1n) is 5.18. The molecule has 6 nitrogen and oxygen atoms in total. The normalized spacial score (nSPS) is 11.6. The molecule has 1 aromatic heterocycles. The molecule has 0 fully saturated rings. The summed E-state index contributed by atoms with van der Waals surface area (Å²) in [5, 5.41) is 19.7. The summed E-state index contributed by atoms with van der Waals surface area (Å²) in [7, 11) is 1.70. The molecule has 6 heteroatoms. The summed E-state index contributed by atoms with van der Waals surface area (Å²) in [6, 6.07) is 3.69. The van der Waals surface area contributed by atoms with Gasteiger partial charge in [-0.25, -0.2) is 4.98 Å². The highest BCUT2D eigenvalue weighted by molar-refractivity contribution is 5.61. The summed E-state index contributed by atoms with van der Waals surface area (Å²) in [6.45, 7) is 3.84. The fraction of sp³-hybridized carbons (Fsp3) is 0.455. The van der Waals surface area contributed by atoms with Gasteiger partial charge in [-0.05, 0) is 19.9 Å². The molecule has 17 heavy (non-hydrogen) atoms. The van der Waals surface area contributed by atoms with Crippen molar-refractivity contribution in [2.24, 2.45) is 5.92 Å². The van der Waals surface area contributed by atoms with Gasteiger partial charge in [0.15, 0.2) is 0 Å². The van der Waals surface area contributed by atoms with Gasteiger partial charge in [0, 0.05) is 25.4 Å². The minimum Gasteiger partial charge on any atom is -0.353 e. The number of nitriles is 1. The maximum absolute atomic E-state index is 11.0. The van der Waals surface area contributed by atoms with E-state index in [0.717, 1.165) is 0 Å². The van der Waals surface area contributed by atoms with Crippen LogP contribution in [0, 0.1) is 34.3 Å². The summed E-state index contributed by atoms with van der Waals surface area (Å²) in [5.74, 6) is 0.0963. The molecule has 0 N–H and O–H groups in total. The molecule has 0 amide bonds. The lowest BCUT2D eigenvalue weighted by molar-refractivity contribution is -0.384. The quantitative estimate of drug-likeness (QED) is 0.586. The first-order chi connectivity index (χ1) is 7.97. The minimum atomic E-state index is -0.439. The van der Waals surface area contributed by atoms with Crippen molar-refractivity contribution in [3.05, 3.63) is 27.9 Å². The first kappa shape index (κ1) is 12.9. The van der Waals surface area contributed by atoms with E-state index < -0.39 is 4.92 Å². The molecule has 0 aliphatic carbocycles. The van der Waals surface area contributed by atoms with E-state index in [4.69, 9.17) is 5.26 Å². The van der Waals surface area contributed by atoms with Crippen LogP contribution in [0.3, 0.4) is 0 Å². The van der Waals surface area contributed by atoms with E-state index in [1.54, 1.807) is 31.9 Å². The van der Waals surface area contributed by atoms with Crippen molar-refractivity contribution in [2.75, 3.05) is 18.5 Å². The van der Waals surface area contributed by atoms with Gasteiger partial charge in [-0.3, -0.25) is 10.1 Å². The third kappa shape index (κ3) is 2.91. The summed E-state index contributed by atoms with van der Waals surface area (Å²) >= 11 is 0. The van der Waals surface area contributed by atoms with E-state index in [9.17, 15) is 10.1 Å². The monoisotopic (exact) mass is 234 g/mol. The Bertz CT molecular complexity index is 467. The van der Waals surface area contributed by atoms with Gasteiger partial charge in [-0.1, -0.05) is 0 Å². The number of anilines is 1. The first-order valence-corrected chi connectivity index (χ1v) is 5.18. The third-order valence-corrected chi connectivity index (χ3v) is 2.42. The van der Waals surface area contributed by atoms with Crippen molar-refractivity contribution in [2.45, 2.75) is 13.8 Å². The zero-order valence-corrected chi connectivity index (χ0v) is 10.0. The van der Waals surface area contributed by atoms with Crippen LogP contribution in [-0.4, -0.2) is 23.5 Å². The second kappa shape index (κ2) is 5.25. The molecule has 90 valence electrons. The summed E-state index contributed by atoms with van der Waals surface area (Å²) in [6.07, 6.45) is 1.53. The van der Waals surface area contributed by atoms with Gasteiger partial charge in [0.25, 0.3) is 0 Å². The summed E-state index contributed by atoms with van der Waals surface area (Å²) in [4.78, 5) is 16.2. The zero-order valence-electron chi connectivity index (χ0n) is 10.0. The van der Waals surface area contributed by atoms with Crippen LogP contribution in [0.15, 0.2) is 12.3 Å². The van der Waals surface area contributed by atoms with Gasteiger partial charge in [0.05, 0.1) is 16.9 Å². The van der Waals surface area contributed by atoms with E-state index >= 15 is 0 Å². The Hall–Kier alpha value is -2.16. The Balaban J connectivity index is 3.10. The molecule has 1 heterocycles. The van der Waals surface area contributed by atoms with Crippen LogP contribution >= 0.6 is 0 Å². The molecule has 0 bridgehead atoms. The van der Waals surface area contributed by atoms with Gasteiger partial charge in [-0.15, -0.1) is 0 Å². The molecular weight excluding hydrogens is 220 g/mol. The molecule has 1 aromatic rings. The van der Waals surface area contributed by atoms with Crippen molar-refractivity contribution in [1.82, 2.24) is 4.98 Å². The second-order valence-electron chi connectivity index (χ2n) is 3.97. The molecule has 1 rings (SSSR count). The molecule has 0 radical (unpaired) electrons. The van der Waals surface area contributed by atoms with Crippen LogP contribution in [0.5, 0.6) is 0 Å². The van der Waals surface area contributed by atoms with Crippen LogP contribution in [0.25, 0.3) is 0 Å². The molecule has 1 atom stereocenters. The Morgan fingerprint density at radius 2 is 2.35 bits per heavy atom. The van der Waals surface area contributed by atoms with E-state index in [-0.39, 0.29) is 11.6 Å². The number of nitrogens with zero attached hydrogens (tertiary/aromatic N) is 4. The summed E-state index contributed by atoms with van der Waals surface area (Å²) in [5.41, 5.74) is 0.566. The van der Waals surface area contributed by atoms with Crippen molar-refractivity contribution < 1.29 is 4.92 Å². The standard InChI is InChI=1S/C11H14N4O2/c1-8(6-12)7-14(3)11-10(15(16)17)9(2)4-5-13-11/h4-5,8H,7H2,1-3H3. The average Bonchev–Trinajstić information content (AvgIpc) is 2.27. The van der Waals surface area contributed by atoms with E-state index in [0.29, 0.717) is 17.9 Å². The van der Waals surface area contributed by atoms with E-state index in [2.05, 4.69) is 11.1 Å². The highest BCUT2D eigenvalue weighted by Gasteiger charge is 2.22. The van der Waals surface area contributed by atoms with E-state index in [1.165, 1.54) is 6.20 Å². The fourth-order valence-corrected chi connectivity index (χ4v) is 1.58. The lowest BCUT2D eigenvalue weighted by atomic mass is 10.2. The Labute approximate surface area is 99.6 Å². The Morgan fingerprint density at radius 1 is 1.71 bits per heavy atom. The van der Waals surface area contributed by atoms with Crippen LogP contribution in [-0.2, 0) is 0 Å². The SMILES string of the molecule is Cc1ccnc(N(C)CC(C)C#N)c1[N+](=O)[O-]. The number of hydrogen-bond acceptors (Lipinski definition) is 5. The predicted octanol–water partition coefficient (Wildman–Crippen LogP) is 1.89. The predicted molar refractivity (Wildman–Crippen MR) is 63.7 cm³/mol. The second-order valence-corrected chi connectivity index (χ2v) is 3.97. The van der Waals surface area contributed by atoms with Crippen molar-refractivity contribution in [3.8, 4) is 6.07 Å². The number of nitro groups is 1. The fourth-order valence-electron chi connectivity index (χ4n) is 1.58. The maximum Gasteiger partial charge on any atom is 0.314 e. The molecule has 0 spiro atoms. The van der Waals surface area contributed by atoms with Crippen LogP contribution in [0.2, 0.25) is 0 Å². The smallest absolute Gasteiger partial charge is 0.314 e. The number of aromatic nitrogens is 1. The van der Waals surface area contributed by atoms with Gasteiger partial charge >= 0.3 is 5.69 Å². The lowest BCUT2D eigenvalue weighted by Gasteiger charge is -2.19. The van der Waals surface area contributed by atoms with Crippen molar-refractivity contribution in [3.63, 3.8) is 0 Å². The van der Waals surface area contributed by atoms with Crippen LogP contribution in [0.1, 0.15) is 12.5 Å². The van der Waals surface area contributed by atoms with Gasteiger partial charge in [0.2, 0.25) is 5.82 Å². The largest absolute Gasteiger partial charge is 0.353 e. The number of rotatable bonds is 4. The Morgan fingerprint density at radius 3 is 2.88 bits per heavy atom. The van der Waals surface area contributed by atoms with E-state index in [1.807, 2.05) is 0 Å². The number of hydrogen-bond donors (Lipinski definition) is 0. The highest BCUT2D eigenvalue weighted by atomic mass is 16.6. The van der Waals surface area contributed by atoms with Crippen molar-refractivity contribution >= 4 is 11.5 Å². The molecule has 0 saturated heterocycles. The Kier molecular flexibility index (Phi) is 3.99. The molecule has 0 saturated carbocycles. The van der Waals surface area contributed by atoms with Crippen LogP contribution < -0.4 is 4.90 Å². The molecule has 0 aliphatic heterocycles. The molecule has 0 aromatic carbocycles. The zero-order chi connectivity index (χ0) is 13.0. The highest BCUT2D eigenvalue weighted by Crippen LogP contribution is 2.28. The third-order valence-electron chi connectivity index (χ3n) is 2.42. The van der Waals surface area contributed by atoms with Gasteiger partial charge in [0.1, 0.15) is 0 Å².